The van der Waals surface area contributed by atoms with Crippen molar-refractivity contribution >= 4 is 54.7 Å². The third-order valence-corrected chi connectivity index (χ3v) is 4.15. The van der Waals surface area contributed by atoms with Crippen LogP contribution in [0.4, 0.5) is 11.5 Å². The van der Waals surface area contributed by atoms with E-state index in [1.165, 1.54) is 12.3 Å². The average Bonchev–Trinajstić information content (AvgIpc) is 2.73. The molecule has 0 atom stereocenters. The van der Waals surface area contributed by atoms with Gasteiger partial charge in [0.15, 0.2) is 0 Å². The second kappa shape index (κ2) is 5.77. The van der Waals surface area contributed by atoms with Crippen LogP contribution < -0.4 is 5.32 Å². The third-order valence-electron chi connectivity index (χ3n) is 2.09. The number of rotatable bonds is 4. The molecular formula is C10H7Br2N3O2S. The molecule has 18 heavy (non-hydrogen) atoms. The first-order chi connectivity index (χ1) is 8.56. The van der Waals surface area contributed by atoms with Crippen molar-refractivity contribution in [1.82, 2.24) is 4.98 Å². The standard InChI is InChI=1S/C10H7Br2N3O2S/c11-6-3-8(15(16)17)10(13-4-6)14-5-7-1-2-9(12)18-7/h1-4H,5H2,(H,13,14). The molecule has 8 heteroatoms. The minimum atomic E-state index is -0.454. The van der Waals surface area contributed by atoms with E-state index in [0.717, 1.165) is 8.66 Å². The van der Waals surface area contributed by atoms with Gasteiger partial charge in [0.2, 0.25) is 5.82 Å². The van der Waals surface area contributed by atoms with Crippen LogP contribution in [0.1, 0.15) is 4.88 Å². The first kappa shape index (κ1) is 13.4. The van der Waals surface area contributed by atoms with E-state index in [4.69, 9.17) is 0 Å². The highest BCUT2D eigenvalue weighted by Crippen LogP contribution is 2.27. The lowest BCUT2D eigenvalue weighted by molar-refractivity contribution is -0.384. The smallest absolute Gasteiger partial charge is 0.312 e. The second-order valence-electron chi connectivity index (χ2n) is 3.34. The third kappa shape index (κ3) is 3.27. The van der Waals surface area contributed by atoms with Crippen molar-refractivity contribution in [1.29, 1.82) is 0 Å². The molecule has 0 radical (unpaired) electrons. The molecule has 0 aliphatic rings. The van der Waals surface area contributed by atoms with Crippen molar-refractivity contribution < 1.29 is 4.92 Å². The normalized spacial score (nSPS) is 10.3. The average molecular weight is 393 g/mol. The predicted molar refractivity (Wildman–Crippen MR) is 77.9 cm³/mol. The first-order valence-electron chi connectivity index (χ1n) is 4.84. The van der Waals surface area contributed by atoms with Gasteiger partial charge in [0.05, 0.1) is 15.3 Å². The summed E-state index contributed by atoms with van der Waals surface area (Å²) in [6.45, 7) is 0.506. The molecule has 2 aromatic rings. The molecule has 2 aromatic heterocycles. The molecule has 0 fully saturated rings. The van der Waals surface area contributed by atoms with Gasteiger partial charge in [-0.3, -0.25) is 10.1 Å². The van der Waals surface area contributed by atoms with Crippen molar-refractivity contribution in [3.05, 3.63) is 47.6 Å². The Hall–Kier alpha value is -0.990. The van der Waals surface area contributed by atoms with Crippen molar-refractivity contribution in [3.63, 3.8) is 0 Å². The van der Waals surface area contributed by atoms with E-state index in [-0.39, 0.29) is 11.5 Å². The van der Waals surface area contributed by atoms with Gasteiger partial charge in [-0.2, -0.15) is 0 Å². The van der Waals surface area contributed by atoms with Gasteiger partial charge in [-0.05, 0) is 44.0 Å². The molecule has 0 amide bonds. The van der Waals surface area contributed by atoms with E-state index >= 15 is 0 Å². The Morgan fingerprint density at radius 3 is 2.83 bits per heavy atom. The molecule has 0 aromatic carbocycles. The Morgan fingerprint density at radius 2 is 2.22 bits per heavy atom. The highest BCUT2D eigenvalue weighted by atomic mass is 79.9. The Bertz CT molecular complexity index is 588. The maximum atomic E-state index is 10.9. The lowest BCUT2D eigenvalue weighted by atomic mass is 10.4. The van der Waals surface area contributed by atoms with Gasteiger partial charge in [0.1, 0.15) is 0 Å². The number of hydrogen-bond donors (Lipinski definition) is 1. The number of nitro groups is 1. The molecule has 0 spiro atoms. The van der Waals surface area contributed by atoms with Gasteiger partial charge in [-0.1, -0.05) is 0 Å². The second-order valence-corrected chi connectivity index (χ2v) is 6.80. The molecule has 2 heterocycles. The van der Waals surface area contributed by atoms with E-state index < -0.39 is 4.92 Å². The number of thiophene rings is 1. The summed E-state index contributed by atoms with van der Waals surface area (Å²) in [7, 11) is 0. The van der Waals surface area contributed by atoms with Crippen LogP contribution in [0.5, 0.6) is 0 Å². The lowest BCUT2D eigenvalue weighted by Crippen LogP contribution is -2.03. The van der Waals surface area contributed by atoms with Crippen molar-refractivity contribution in [3.8, 4) is 0 Å². The summed E-state index contributed by atoms with van der Waals surface area (Å²) >= 11 is 8.10. The maximum Gasteiger partial charge on any atom is 0.312 e. The van der Waals surface area contributed by atoms with E-state index in [1.54, 1.807) is 11.3 Å². The monoisotopic (exact) mass is 391 g/mol. The van der Waals surface area contributed by atoms with E-state index in [9.17, 15) is 10.1 Å². The quantitative estimate of drug-likeness (QED) is 0.625. The Balaban J connectivity index is 2.16. The number of pyridine rings is 1. The summed E-state index contributed by atoms with van der Waals surface area (Å²) in [5.74, 6) is 0.271. The minimum Gasteiger partial charge on any atom is -0.359 e. The molecule has 0 saturated heterocycles. The van der Waals surface area contributed by atoms with E-state index in [2.05, 4.69) is 42.2 Å². The number of hydrogen-bond acceptors (Lipinski definition) is 5. The number of halogens is 2. The molecule has 0 unspecified atom stereocenters. The van der Waals surface area contributed by atoms with Gasteiger partial charge < -0.3 is 5.32 Å². The van der Waals surface area contributed by atoms with Crippen molar-refractivity contribution in [2.45, 2.75) is 6.54 Å². The molecule has 1 N–H and O–H groups in total. The topological polar surface area (TPSA) is 68.1 Å². The fourth-order valence-electron chi connectivity index (χ4n) is 1.32. The molecule has 5 nitrogen and oxygen atoms in total. The van der Waals surface area contributed by atoms with Crippen LogP contribution in [0.15, 0.2) is 32.7 Å². The van der Waals surface area contributed by atoms with Crippen LogP contribution in [-0.4, -0.2) is 9.91 Å². The fourth-order valence-corrected chi connectivity index (χ4v) is 3.06. The van der Waals surface area contributed by atoms with Crippen LogP contribution in [0, 0.1) is 10.1 Å². The van der Waals surface area contributed by atoms with Crippen LogP contribution in [0.2, 0.25) is 0 Å². The number of aromatic nitrogens is 1. The minimum absolute atomic E-state index is 0.0417. The summed E-state index contributed by atoms with van der Waals surface area (Å²) in [5.41, 5.74) is -0.0417. The fraction of sp³-hybridized carbons (Fsp3) is 0.100. The molecule has 94 valence electrons. The molecule has 2 rings (SSSR count). The Morgan fingerprint density at radius 1 is 1.44 bits per heavy atom. The number of anilines is 1. The van der Waals surface area contributed by atoms with Gasteiger partial charge in [-0.15, -0.1) is 11.3 Å². The molecule has 0 saturated carbocycles. The SMILES string of the molecule is O=[N+]([O-])c1cc(Br)cnc1NCc1ccc(Br)s1. The predicted octanol–water partition coefficient (Wildman–Crippen LogP) is 4.19. The molecule has 0 aliphatic carbocycles. The van der Waals surface area contributed by atoms with E-state index in [0.29, 0.717) is 11.0 Å². The largest absolute Gasteiger partial charge is 0.359 e. The van der Waals surface area contributed by atoms with Crippen molar-refractivity contribution in [2.75, 3.05) is 5.32 Å². The summed E-state index contributed by atoms with van der Waals surface area (Å²) in [4.78, 5) is 15.5. The molecular weight excluding hydrogens is 386 g/mol. The van der Waals surface area contributed by atoms with Crippen LogP contribution in [0.3, 0.4) is 0 Å². The Kier molecular flexibility index (Phi) is 4.31. The molecule has 0 bridgehead atoms. The summed E-state index contributed by atoms with van der Waals surface area (Å²) < 4.78 is 1.61. The van der Waals surface area contributed by atoms with Crippen LogP contribution in [-0.2, 0) is 6.54 Å². The summed E-state index contributed by atoms with van der Waals surface area (Å²) in [5, 5.41) is 13.9. The van der Waals surface area contributed by atoms with Crippen LogP contribution >= 0.6 is 43.2 Å². The van der Waals surface area contributed by atoms with Crippen molar-refractivity contribution in [2.24, 2.45) is 0 Å². The zero-order chi connectivity index (χ0) is 13.1. The number of nitrogens with zero attached hydrogens (tertiary/aromatic N) is 2. The highest BCUT2D eigenvalue weighted by Gasteiger charge is 2.15. The van der Waals surface area contributed by atoms with Gasteiger partial charge in [-0.25, -0.2) is 4.98 Å². The van der Waals surface area contributed by atoms with E-state index in [1.807, 2.05) is 12.1 Å². The zero-order valence-electron chi connectivity index (χ0n) is 8.89. The number of nitrogens with one attached hydrogen (secondary N) is 1. The lowest BCUT2D eigenvalue weighted by Gasteiger charge is -2.04. The van der Waals surface area contributed by atoms with Crippen LogP contribution in [0.25, 0.3) is 0 Å². The first-order valence-corrected chi connectivity index (χ1v) is 7.24. The summed E-state index contributed by atoms with van der Waals surface area (Å²) in [6, 6.07) is 5.32. The Labute approximate surface area is 124 Å². The van der Waals surface area contributed by atoms with Gasteiger partial charge in [0, 0.05) is 21.6 Å². The van der Waals surface area contributed by atoms with Gasteiger partial charge in [0.25, 0.3) is 0 Å². The maximum absolute atomic E-state index is 10.9. The highest BCUT2D eigenvalue weighted by molar-refractivity contribution is 9.11. The van der Waals surface area contributed by atoms with Gasteiger partial charge >= 0.3 is 5.69 Å². The molecule has 0 aliphatic heterocycles. The summed E-state index contributed by atoms with van der Waals surface area (Å²) in [6.07, 6.45) is 1.53. The zero-order valence-corrected chi connectivity index (χ0v) is 12.9.